The smallest absolute Gasteiger partial charge is 0.164 e. The first-order valence-corrected chi connectivity index (χ1v) is 26.2. The van der Waals surface area contributed by atoms with Crippen molar-refractivity contribution in [1.82, 2.24) is 24.1 Å². The van der Waals surface area contributed by atoms with E-state index in [1.165, 1.54) is 69.4 Å². The van der Waals surface area contributed by atoms with Gasteiger partial charge in [-0.15, -0.1) is 11.3 Å². The number of fused-ring (bicyclic) bond motifs is 11. The monoisotopic (exact) mass is 973 g/mol. The van der Waals surface area contributed by atoms with Crippen LogP contribution in [0.3, 0.4) is 0 Å². The molecular weight excluding hydrogens is 931 g/mol. The second-order valence-electron chi connectivity index (χ2n) is 19.1. The second kappa shape index (κ2) is 17.5. The van der Waals surface area contributed by atoms with Crippen molar-refractivity contribution in [2.75, 3.05) is 0 Å². The normalized spacial score (nSPS) is 11.7. The van der Waals surface area contributed by atoms with Gasteiger partial charge in [0.2, 0.25) is 0 Å². The summed E-state index contributed by atoms with van der Waals surface area (Å²) >= 11 is 1.90. The Bertz CT molecular complexity index is 4590. The Labute approximate surface area is 436 Å². The molecule has 0 atom stereocenters. The summed E-state index contributed by atoms with van der Waals surface area (Å²) in [6.45, 7) is 0. The molecule has 11 aromatic carbocycles. The molecule has 0 spiro atoms. The Morgan fingerprint density at radius 3 is 1.24 bits per heavy atom. The predicted octanol–water partition coefficient (Wildman–Crippen LogP) is 18.4. The van der Waals surface area contributed by atoms with Gasteiger partial charge in [0.25, 0.3) is 0 Å². The van der Waals surface area contributed by atoms with Crippen molar-refractivity contribution in [2.24, 2.45) is 0 Å². The molecule has 0 amide bonds. The van der Waals surface area contributed by atoms with Crippen molar-refractivity contribution in [2.45, 2.75) is 0 Å². The molecule has 0 bridgehead atoms. The minimum atomic E-state index is 0.610. The third-order valence-corrected chi connectivity index (χ3v) is 16.0. The van der Waals surface area contributed by atoms with Gasteiger partial charge in [0.05, 0.1) is 37.2 Å². The summed E-state index contributed by atoms with van der Waals surface area (Å²) in [5.74, 6) is 1.85. The lowest BCUT2D eigenvalue weighted by Crippen LogP contribution is -2.01. The molecule has 0 aliphatic rings. The average Bonchev–Trinajstić information content (AvgIpc) is 4.28. The van der Waals surface area contributed by atoms with Crippen LogP contribution in [0.15, 0.2) is 261 Å². The summed E-state index contributed by atoms with van der Waals surface area (Å²) in [7, 11) is 0. The molecule has 5 nitrogen and oxygen atoms in total. The first kappa shape index (κ1) is 42.9. The Hall–Kier alpha value is -9.75. The standard InChI is InChI=1S/C69H43N5S/c1-4-18-44(19-5-1)48-24-16-26-50(42-48)68-70-67(71-69(72-68)51-27-17-25-49(43-51)45-20-6-2-7-21-45)47-34-36-52(37-35-47)73-61-32-14-11-29-54(61)56-38-40-58-59-41-39-57-55-30-12-15-33-62(55)74(64(57)66(59)75-65(58)63(56)73)60-31-13-10-28-53(60)46-22-8-3-9-23-46/h1-43H. The van der Waals surface area contributed by atoms with Crippen LogP contribution in [0.4, 0.5) is 0 Å². The summed E-state index contributed by atoms with van der Waals surface area (Å²) < 4.78 is 7.49. The number of thiophene rings is 1. The van der Waals surface area contributed by atoms with Gasteiger partial charge in [-0.25, -0.2) is 15.0 Å². The van der Waals surface area contributed by atoms with Gasteiger partial charge in [0.1, 0.15) is 0 Å². The van der Waals surface area contributed by atoms with Crippen LogP contribution in [0.2, 0.25) is 0 Å². The van der Waals surface area contributed by atoms with E-state index in [0.717, 1.165) is 55.8 Å². The van der Waals surface area contributed by atoms with Crippen LogP contribution in [0.1, 0.15) is 0 Å². The highest BCUT2D eigenvalue weighted by Gasteiger charge is 2.23. The largest absolute Gasteiger partial charge is 0.308 e. The lowest BCUT2D eigenvalue weighted by atomic mass is 10.0. The summed E-state index contributed by atoms with van der Waals surface area (Å²) in [4.78, 5) is 15.7. The molecule has 0 fully saturated rings. The summed E-state index contributed by atoms with van der Waals surface area (Å²) in [6.07, 6.45) is 0. The third-order valence-electron chi connectivity index (χ3n) is 14.8. The Morgan fingerprint density at radius 1 is 0.267 bits per heavy atom. The lowest BCUT2D eigenvalue weighted by Gasteiger charge is -2.14. The van der Waals surface area contributed by atoms with E-state index in [1.54, 1.807) is 0 Å². The SMILES string of the molecule is c1ccc(-c2cccc(-c3nc(-c4ccc(-n5c6ccccc6c6ccc7c8ccc9c%10ccccc%10n(-c%10ccccc%10-c%10ccccc%10)c9c8sc7c65)cc4)nc(-c4cccc(-c5ccccc5)c4)n3)c2)cc1. The van der Waals surface area contributed by atoms with E-state index in [4.69, 9.17) is 15.0 Å². The number of nitrogens with zero attached hydrogens (tertiary/aromatic N) is 5. The van der Waals surface area contributed by atoms with E-state index in [2.05, 4.69) is 258 Å². The van der Waals surface area contributed by atoms with E-state index in [9.17, 15) is 0 Å². The van der Waals surface area contributed by atoms with Crippen LogP contribution in [0.25, 0.3) is 143 Å². The van der Waals surface area contributed by atoms with Crippen LogP contribution in [0, 0.1) is 0 Å². The molecule has 4 heterocycles. The fourth-order valence-corrected chi connectivity index (χ4v) is 12.7. The molecule has 4 aromatic heterocycles. The van der Waals surface area contributed by atoms with Crippen LogP contribution in [0.5, 0.6) is 0 Å². The van der Waals surface area contributed by atoms with E-state index < -0.39 is 0 Å². The predicted molar refractivity (Wildman–Crippen MR) is 314 cm³/mol. The summed E-state index contributed by atoms with van der Waals surface area (Å²) in [5, 5.41) is 7.43. The fourth-order valence-electron chi connectivity index (χ4n) is 11.3. The zero-order valence-electron chi connectivity index (χ0n) is 40.5. The fraction of sp³-hybridized carbons (Fsp3) is 0. The highest BCUT2D eigenvalue weighted by atomic mass is 32.1. The minimum Gasteiger partial charge on any atom is -0.308 e. The number of hydrogen-bond donors (Lipinski definition) is 0. The molecule has 15 aromatic rings. The van der Waals surface area contributed by atoms with Gasteiger partial charge in [0.15, 0.2) is 17.5 Å². The Kier molecular flexibility index (Phi) is 10.00. The zero-order valence-corrected chi connectivity index (χ0v) is 41.3. The van der Waals surface area contributed by atoms with Gasteiger partial charge in [-0.05, 0) is 82.4 Å². The maximum Gasteiger partial charge on any atom is 0.164 e. The first-order chi connectivity index (χ1) is 37.2. The molecule has 0 N–H and O–H groups in total. The highest BCUT2D eigenvalue weighted by Crippen LogP contribution is 2.48. The average molecular weight is 974 g/mol. The second-order valence-corrected chi connectivity index (χ2v) is 20.1. The number of rotatable bonds is 8. The Morgan fingerprint density at radius 2 is 0.680 bits per heavy atom. The number of benzene rings is 11. The summed E-state index contributed by atoms with van der Waals surface area (Å²) in [5.41, 5.74) is 16.6. The molecule has 0 aliphatic heterocycles. The van der Waals surface area contributed by atoms with Gasteiger partial charge in [-0.3, -0.25) is 0 Å². The minimum absolute atomic E-state index is 0.610. The molecule has 6 heteroatoms. The van der Waals surface area contributed by atoms with Crippen LogP contribution in [-0.4, -0.2) is 24.1 Å². The zero-order chi connectivity index (χ0) is 49.4. The highest BCUT2D eigenvalue weighted by molar-refractivity contribution is 7.27. The molecule has 75 heavy (non-hydrogen) atoms. The molecule has 0 saturated carbocycles. The first-order valence-electron chi connectivity index (χ1n) is 25.3. The number of para-hydroxylation sites is 3. The maximum absolute atomic E-state index is 5.23. The van der Waals surface area contributed by atoms with Gasteiger partial charge in [-0.1, -0.05) is 206 Å². The molecule has 350 valence electrons. The van der Waals surface area contributed by atoms with Gasteiger partial charge < -0.3 is 9.13 Å². The maximum atomic E-state index is 5.23. The van der Waals surface area contributed by atoms with Crippen molar-refractivity contribution < 1.29 is 0 Å². The molecular formula is C69H43N5S. The van der Waals surface area contributed by atoms with Gasteiger partial charge in [-0.2, -0.15) is 0 Å². The van der Waals surface area contributed by atoms with Crippen molar-refractivity contribution in [3.05, 3.63) is 261 Å². The topological polar surface area (TPSA) is 48.5 Å². The molecule has 15 rings (SSSR count). The molecule has 0 saturated heterocycles. The van der Waals surface area contributed by atoms with Crippen molar-refractivity contribution >= 4 is 75.1 Å². The van der Waals surface area contributed by atoms with E-state index in [1.807, 2.05) is 23.5 Å². The third kappa shape index (κ3) is 7.10. The van der Waals surface area contributed by atoms with Crippen LogP contribution in [-0.2, 0) is 0 Å². The number of hydrogen-bond acceptors (Lipinski definition) is 4. The van der Waals surface area contributed by atoms with Gasteiger partial charge in [0, 0.05) is 60.3 Å². The molecule has 0 unspecified atom stereocenters. The molecule has 0 radical (unpaired) electrons. The number of aromatic nitrogens is 5. The van der Waals surface area contributed by atoms with Crippen LogP contribution < -0.4 is 0 Å². The molecule has 0 aliphatic carbocycles. The van der Waals surface area contributed by atoms with E-state index in [0.29, 0.717) is 17.5 Å². The Balaban J connectivity index is 0.912. The summed E-state index contributed by atoms with van der Waals surface area (Å²) in [6, 6.07) is 93.2. The van der Waals surface area contributed by atoms with E-state index >= 15 is 0 Å². The van der Waals surface area contributed by atoms with Gasteiger partial charge >= 0.3 is 0 Å². The lowest BCUT2D eigenvalue weighted by molar-refractivity contribution is 1.07. The van der Waals surface area contributed by atoms with Crippen molar-refractivity contribution in [3.8, 4) is 78.9 Å². The van der Waals surface area contributed by atoms with E-state index in [-0.39, 0.29) is 0 Å². The van der Waals surface area contributed by atoms with Crippen molar-refractivity contribution in [1.29, 1.82) is 0 Å². The van der Waals surface area contributed by atoms with Crippen LogP contribution >= 0.6 is 11.3 Å². The quantitative estimate of drug-likeness (QED) is 0.152. The van der Waals surface area contributed by atoms with Crippen molar-refractivity contribution in [3.63, 3.8) is 0 Å².